The zero-order valence-corrected chi connectivity index (χ0v) is 15.3. The zero-order valence-electron chi connectivity index (χ0n) is 12.9. The summed E-state index contributed by atoms with van der Waals surface area (Å²) in [7, 11) is 1.77. The summed E-state index contributed by atoms with van der Waals surface area (Å²) in [4.78, 5) is -0.257. The summed E-state index contributed by atoms with van der Waals surface area (Å²) in [5, 5.41) is 0. The minimum absolute atomic E-state index is 0.0273. The first-order valence-electron chi connectivity index (χ1n) is 7.38. The van der Waals surface area contributed by atoms with E-state index < -0.39 is 0 Å². The van der Waals surface area contributed by atoms with Gasteiger partial charge in [-0.1, -0.05) is 29.8 Å². The highest BCUT2D eigenvalue weighted by Gasteiger charge is 2.72. The second-order valence-electron chi connectivity index (χ2n) is 7.57. The molecule has 2 bridgehead atoms. The molecule has 0 aromatic heterocycles. The van der Waals surface area contributed by atoms with Crippen LogP contribution in [0.3, 0.4) is 0 Å². The minimum atomic E-state index is -0.306. The van der Waals surface area contributed by atoms with Crippen LogP contribution in [0.25, 0.3) is 0 Å². The van der Waals surface area contributed by atoms with Gasteiger partial charge in [0.2, 0.25) is 0 Å². The van der Waals surface area contributed by atoms with E-state index in [1.807, 2.05) is 0 Å². The van der Waals surface area contributed by atoms with E-state index in [1.165, 1.54) is 4.48 Å². The molecule has 0 radical (unpaired) electrons. The van der Waals surface area contributed by atoms with Crippen LogP contribution in [0.4, 0.5) is 0 Å². The summed E-state index contributed by atoms with van der Waals surface area (Å²) in [5.41, 5.74) is -0.188. The first kappa shape index (κ1) is 15.3. The van der Waals surface area contributed by atoms with E-state index in [0.29, 0.717) is 0 Å². The molecule has 0 aromatic rings. The molecule has 3 aliphatic rings. The molecule has 0 N–H and O–H groups in total. The molecule has 3 rings (SSSR count). The van der Waals surface area contributed by atoms with Crippen LogP contribution >= 0.6 is 27.5 Å². The quantitative estimate of drug-likeness (QED) is 0.632. The van der Waals surface area contributed by atoms with Crippen LogP contribution in [0, 0.1) is 10.8 Å². The Hall–Kier alpha value is 0.430. The van der Waals surface area contributed by atoms with Crippen LogP contribution in [0.15, 0.2) is 10.6 Å². The van der Waals surface area contributed by atoms with Crippen LogP contribution < -0.4 is 0 Å². The number of halogens is 2. The molecule has 1 saturated heterocycles. The zero-order chi connectivity index (χ0) is 15.0. The van der Waals surface area contributed by atoms with Gasteiger partial charge in [0.05, 0.1) is 11.0 Å². The summed E-state index contributed by atoms with van der Waals surface area (Å²) in [5.74, 6) is 0. The van der Waals surface area contributed by atoms with E-state index in [9.17, 15) is 0 Å². The first-order chi connectivity index (χ1) is 9.11. The predicted octanol–water partition coefficient (Wildman–Crippen LogP) is 4.65. The number of methoxy groups -OCH3 is 1. The average Bonchev–Trinajstić information content (AvgIpc) is 2.64. The Labute approximate surface area is 135 Å². The van der Waals surface area contributed by atoms with Gasteiger partial charge in [-0.05, 0) is 39.2 Å². The maximum atomic E-state index is 6.71. The highest BCUT2D eigenvalue weighted by Crippen LogP contribution is 2.70. The van der Waals surface area contributed by atoms with Crippen LogP contribution in [-0.4, -0.2) is 29.8 Å². The second kappa shape index (κ2) is 4.24. The van der Waals surface area contributed by atoms with E-state index in [1.54, 1.807) is 7.11 Å². The van der Waals surface area contributed by atoms with Crippen molar-refractivity contribution < 1.29 is 9.47 Å². The van der Waals surface area contributed by atoms with E-state index in [-0.39, 0.29) is 33.5 Å². The maximum absolute atomic E-state index is 6.71. The van der Waals surface area contributed by atoms with Gasteiger partial charge in [-0.2, -0.15) is 0 Å². The molecule has 1 saturated carbocycles. The van der Waals surface area contributed by atoms with E-state index in [2.05, 4.69) is 49.7 Å². The Morgan fingerprint density at radius 2 is 1.95 bits per heavy atom. The molecule has 0 aromatic carbocycles. The second-order valence-corrected chi connectivity index (χ2v) is 9.29. The molecule has 2 aliphatic carbocycles. The normalized spacial score (nSPS) is 53.5. The number of ether oxygens (including phenoxy) is 2. The summed E-state index contributed by atoms with van der Waals surface area (Å²) in [6.07, 6.45) is 5.34. The lowest BCUT2D eigenvalue weighted by molar-refractivity contribution is -0.167. The molecule has 0 unspecified atom stereocenters. The average molecular weight is 364 g/mol. The number of hydrogen-bond acceptors (Lipinski definition) is 2. The summed E-state index contributed by atoms with van der Waals surface area (Å²) in [6, 6.07) is 0. The highest BCUT2D eigenvalue weighted by atomic mass is 79.9. The Morgan fingerprint density at radius 3 is 2.55 bits per heavy atom. The molecular formula is C16H24BrClO2. The SMILES string of the molecule is CO[C@H]1C=C(Br)C(C)(C)[C@@]23CC[C@](C)(Cl)[C@@H](C2)O[C@]13C. The lowest BCUT2D eigenvalue weighted by Crippen LogP contribution is -2.61. The van der Waals surface area contributed by atoms with Crippen molar-refractivity contribution in [3.8, 4) is 0 Å². The van der Waals surface area contributed by atoms with Crippen LogP contribution in [0.5, 0.6) is 0 Å². The number of hydrogen-bond donors (Lipinski definition) is 0. The Morgan fingerprint density at radius 1 is 1.30 bits per heavy atom. The van der Waals surface area contributed by atoms with Crippen molar-refractivity contribution in [3.63, 3.8) is 0 Å². The minimum Gasteiger partial charge on any atom is -0.374 e. The van der Waals surface area contributed by atoms with E-state index >= 15 is 0 Å². The van der Waals surface area contributed by atoms with Gasteiger partial charge in [-0.15, -0.1) is 11.6 Å². The van der Waals surface area contributed by atoms with Gasteiger partial charge in [-0.25, -0.2) is 0 Å². The van der Waals surface area contributed by atoms with Crippen molar-refractivity contribution in [1.29, 1.82) is 0 Å². The summed E-state index contributed by atoms with van der Waals surface area (Å²) >= 11 is 10.5. The largest absolute Gasteiger partial charge is 0.374 e. The van der Waals surface area contributed by atoms with Gasteiger partial charge in [0.1, 0.15) is 11.7 Å². The number of alkyl halides is 1. The maximum Gasteiger partial charge on any atom is 0.106 e. The fourth-order valence-electron chi connectivity index (χ4n) is 4.82. The third-order valence-corrected chi connectivity index (χ3v) is 8.16. The molecule has 0 amide bonds. The van der Waals surface area contributed by atoms with E-state index in [4.69, 9.17) is 21.1 Å². The molecular weight excluding hydrogens is 340 g/mol. The Kier molecular flexibility index (Phi) is 3.25. The number of allylic oxidation sites excluding steroid dienone is 1. The van der Waals surface area contributed by atoms with Crippen molar-refractivity contribution in [2.24, 2.45) is 10.8 Å². The molecule has 4 heteroatoms. The van der Waals surface area contributed by atoms with Gasteiger partial charge in [0.25, 0.3) is 0 Å². The third kappa shape index (κ3) is 1.59. The van der Waals surface area contributed by atoms with Gasteiger partial charge >= 0.3 is 0 Å². The summed E-state index contributed by atoms with van der Waals surface area (Å²) in [6.45, 7) is 8.97. The number of rotatable bonds is 1. The number of fused-ring (bicyclic) bond motifs is 1. The van der Waals surface area contributed by atoms with Gasteiger partial charge in [-0.3, -0.25) is 0 Å². The predicted molar refractivity (Wildman–Crippen MR) is 85.4 cm³/mol. The third-order valence-electron chi connectivity index (χ3n) is 6.47. The highest BCUT2D eigenvalue weighted by molar-refractivity contribution is 9.11. The van der Waals surface area contributed by atoms with Gasteiger partial charge in [0, 0.05) is 22.4 Å². The molecule has 1 heterocycles. The fourth-order valence-corrected chi connectivity index (χ4v) is 5.66. The molecule has 5 atom stereocenters. The molecule has 2 fully saturated rings. The van der Waals surface area contributed by atoms with Crippen molar-refractivity contribution in [3.05, 3.63) is 10.6 Å². The molecule has 114 valence electrons. The first-order valence-corrected chi connectivity index (χ1v) is 8.55. The molecule has 1 spiro atoms. The molecule has 1 aliphatic heterocycles. The fraction of sp³-hybridized carbons (Fsp3) is 0.875. The van der Waals surface area contributed by atoms with Gasteiger partial charge < -0.3 is 9.47 Å². The molecule has 20 heavy (non-hydrogen) atoms. The molecule has 2 nitrogen and oxygen atoms in total. The van der Waals surface area contributed by atoms with Crippen LogP contribution in [-0.2, 0) is 9.47 Å². The Bertz CT molecular complexity index is 473. The summed E-state index contributed by atoms with van der Waals surface area (Å²) < 4.78 is 13.5. The van der Waals surface area contributed by atoms with Gasteiger partial charge in [0.15, 0.2) is 0 Å². The smallest absolute Gasteiger partial charge is 0.106 e. The van der Waals surface area contributed by atoms with Crippen LogP contribution in [0.2, 0.25) is 0 Å². The van der Waals surface area contributed by atoms with Crippen LogP contribution in [0.1, 0.15) is 47.0 Å². The van der Waals surface area contributed by atoms with Crippen molar-refractivity contribution >= 4 is 27.5 Å². The van der Waals surface area contributed by atoms with E-state index in [0.717, 1.165) is 19.3 Å². The standard InChI is InChI=1S/C16H24BrClO2/c1-13(2)10(17)8-11(19-5)15(4)16(13)7-6-14(3,18)12(9-16)20-15/h8,11-12H,6-7,9H2,1-5H3/t11-,12+,14-,15+,16+/m0/s1. The van der Waals surface area contributed by atoms with Crippen molar-refractivity contribution in [2.45, 2.75) is 69.6 Å². The lowest BCUT2D eigenvalue weighted by atomic mass is 9.48. The van der Waals surface area contributed by atoms with Crippen molar-refractivity contribution in [1.82, 2.24) is 0 Å². The van der Waals surface area contributed by atoms with Crippen molar-refractivity contribution in [2.75, 3.05) is 7.11 Å². The topological polar surface area (TPSA) is 18.5 Å². The Balaban J connectivity index is 2.17. The monoisotopic (exact) mass is 362 g/mol. The lowest BCUT2D eigenvalue weighted by Gasteiger charge is -2.58.